The molecule has 0 saturated carbocycles. The quantitative estimate of drug-likeness (QED) is 0.293. The Hall–Kier alpha value is -2.63. The van der Waals surface area contributed by atoms with Crippen molar-refractivity contribution in [1.29, 1.82) is 0 Å². The molecule has 10 heteroatoms. The number of sulfonamides is 1. The summed E-state index contributed by atoms with van der Waals surface area (Å²) in [4.78, 5) is 28.3. The van der Waals surface area contributed by atoms with E-state index in [1.54, 1.807) is 73.7 Å². The Morgan fingerprint density at radius 3 is 2.14 bits per heavy atom. The van der Waals surface area contributed by atoms with Crippen LogP contribution in [-0.4, -0.2) is 44.3 Å². The molecule has 0 radical (unpaired) electrons. The third-order valence-corrected chi connectivity index (χ3v) is 8.49. The lowest BCUT2D eigenvalue weighted by atomic mass is 10.1. The number of nitrogens with zero attached hydrogens (tertiary/aromatic N) is 2. The number of likely N-dealkylation sites (N-methyl/N-ethyl adjacent to an activating group) is 1. The van der Waals surface area contributed by atoms with Crippen LogP contribution < -0.4 is 9.62 Å². The van der Waals surface area contributed by atoms with Gasteiger partial charge in [-0.25, -0.2) is 8.42 Å². The van der Waals surface area contributed by atoms with Crippen LogP contribution in [0.4, 0.5) is 5.69 Å². The van der Waals surface area contributed by atoms with Crippen molar-refractivity contribution in [1.82, 2.24) is 10.2 Å². The number of hydrogen-bond acceptors (Lipinski definition) is 4. The molecule has 0 aromatic heterocycles. The number of carbonyl (C=O) groups excluding carboxylic acids is 2. The summed E-state index contributed by atoms with van der Waals surface area (Å²) in [7, 11) is -4.07. The molecule has 7 nitrogen and oxygen atoms in total. The van der Waals surface area contributed by atoms with Gasteiger partial charge in [0.25, 0.3) is 10.0 Å². The van der Waals surface area contributed by atoms with Crippen LogP contribution in [0.15, 0.2) is 83.8 Å². The molecular formula is C27H29ClIN3O4S. The first-order chi connectivity index (χ1) is 17.7. The Bertz CT molecular complexity index is 1300. The number of rotatable bonds is 11. The lowest BCUT2D eigenvalue weighted by Crippen LogP contribution is -2.52. The minimum absolute atomic E-state index is 0.0707. The number of nitrogens with one attached hydrogen (secondary N) is 1. The molecule has 1 atom stereocenters. The van der Waals surface area contributed by atoms with Crippen molar-refractivity contribution in [3.63, 3.8) is 0 Å². The number of anilines is 1. The standard InChI is InChI=1S/C27H29ClIN3O4S/c1-3-25(27(34)30-4-2)31(18-20-10-12-21(28)13-11-20)26(33)19-32(23-16-14-22(29)15-17-23)37(35,36)24-8-6-5-7-9-24/h5-17,25H,3-4,18-19H2,1-2H3,(H,30,34)/t25-/m1/s1. The van der Waals surface area contributed by atoms with Crippen LogP contribution in [0.25, 0.3) is 0 Å². The second-order valence-electron chi connectivity index (χ2n) is 8.27. The van der Waals surface area contributed by atoms with E-state index in [4.69, 9.17) is 11.6 Å². The highest BCUT2D eigenvalue weighted by atomic mass is 127. The zero-order valence-electron chi connectivity index (χ0n) is 20.6. The Labute approximate surface area is 237 Å². The highest BCUT2D eigenvalue weighted by Crippen LogP contribution is 2.25. The van der Waals surface area contributed by atoms with Crippen molar-refractivity contribution in [2.45, 2.75) is 37.8 Å². The van der Waals surface area contributed by atoms with Crippen LogP contribution in [0.5, 0.6) is 0 Å². The molecule has 0 unspecified atom stereocenters. The van der Waals surface area contributed by atoms with Gasteiger partial charge in [0.2, 0.25) is 11.8 Å². The molecule has 196 valence electrons. The van der Waals surface area contributed by atoms with Gasteiger partial charge in [0.15, 0.2) is 0 Å². The SMILES string of the molecule is CCNC(=O)[C@@H](CC)N(Cc1ccc(Cl)cc1)C(=O)CN(c1ccc(I)cc1)S(=O)(=O)c1ccccc1. The van der Waals surface area contributed by atoms with Gasteiger partial charge < -0.3 is 10.2 Å². The first kappa shape index (κ1) is 28.9. The van der Waals surface area contributed by atoms with Gasteiger partial charge in [-0.1, -0.05) is 48.9 Å². The highest BCUT2D eigenvalue weighted by molar-refractivity contribution is 14.1. The molecule has 0 heterocycles. The Balaban J connectivity index is 2.03. The molecular weight excluding hydrogens is 625 g/mol. The summed E-state index contributed by atoms with van der Waals surface area (Å²) in [6.45, 7) is 3.69. The number of hydrogen-bond donors (Lipinski definition) is 1. The van der Waals surface area contributed by atoms with E-state index >= 15 is 0 Å². The van der Waals surface area contributed by atoms with Crippen molar-refractivity contribution in [2.24, 2.45) is 0 Å². The van der Waals surface area contributed by atoms with Gasteiger partial charge in [0.05, 0.1) is 10.6 Å². The molecule has 0 aliphatic rings. The topological polar surface area (TPSA) is 86.8 Å². The molecule has 3 aromatic rings. The molecule has 0 aliphatic heterocycles. The minimum atomic E-state index is -4.07. The fourth-order valence-corrected chi connectivity index (χ4v) is 5.77. The fraction of sp³-hybridized carbons (Fsp3) is 0.259. The van der Waals surface area contributed by atoms with Gasteiger partial charge in [-0.3, -0.25) is 13.9 Å². The van der Waals surface area contributed by atoms with E-state index in [1.807, 2.05) is 6.92 Å². The summed E-state index contributed by atoms with van der Waals surface area (Å²) in [6.07, 6.45) is 0.361. The maximum absolute atomic E-state index is 13.9. The lowest BCUT2D eigenvalue weighted by Gasteiger charge is -2.33. The summed E-state index contributed by atoms with van der Waals surface area (Å²) in [5.74, 6) is -0.787. The zero-order chi connectivity index (χ0) is 27.0. The van der Waals surface area contributed by atoms with Crippen LogP contribution in [-0.2, 0) is 26.2 Å². The van der Waals surface area contributed by atoms with Crippen LogP contribution in [0.1, 0.15) is 25.8 Å². The van der Waals surface area contributed by atoms with Crippen LogP contribution in [0.3, 0.4) is 0 Å². The Morgan fingerprint density at radius 1 is 0.946 bits per heavy atom. The van der Waals surface area contributed by atoms with Gasteiger partial charge in [-0.05, 0) is 90.0 Å². The monoisotopic (exact) mass is 653 g/mol. The van der Waals surface area contributed by atoms with Gasteiger partial charge in [-0.15, -0.1) is 0 Å². The molecule has 1 N–H and O–H groups in total. The van der Waals surface area contributed by atoms with Gasteiger partial charge in [0.1, 0.15) is 12.6 Å². The number of amides is 2. The van der Waals surface area contributed by atoms with Crippen molar-refractivity contribution in [2.75, 3.05) is 17.4 Å². The third kappa shape index (κ3) is 7.45. The largest absolute Gasteiger partial charge is 0.355 e. The average molecular weight is 654 g/mol. The van der Waals surface area contributed by atoms with E-state index in [-0.39, 0.29) is 17.3 Å². The normalized spacial score (nSPS) is 12.0. The van der Waals surface area contributed by atoms with Crippen molar-refractivity contribution in [3.05, 3.63) is 93.0 Å². The van der Waals surface area contributed by atoms with Crippen molar-refractivity contribution >= 4 is 61.7 Å². The number of benzene rings is 3. The molecule has 0 bridgehead atoms. The minimum Gasteiger partial charge on any atom is -0.355 e. The van der Waals surface area contributed by atoms with E-state index in [1.165, 1.54) is 17.0 Å². The predicted octanol–water partition coefficient (Wildman–Crippen LogP) is 5.08. The first-order valence-electron chi connectivity index (χ1n) is 11.8. The number of halogens is 2. The van der Waals surface area contributed by atoms with Crippen LogP contribution in [0.2, 0.25) is 5.02 Å². The van der Waals surface area contributed by atoms with Gasteiger partial charge >= 0.3 is 0 Å². The van der Waals surface area contributed by atoms with Crippen LogP contribution in [0, 0.1) is 3.57 Å². The molecule has 0 aliphatic carbocycles. The molecule has 3 aromatic carbocycles. The second kappa shape index (κ2) is 13.3. The van der Waals surface area contributed by atoms with E-state index in [0.29, 0.717) is 23.7 Å². The van der Waals surface area contributed by atoms with Gasteiger partial charge in [0, 0.05) is 21.7 Å². The summed E-state index contributed by atoms with van der Waals surface area (Å²) >= 11 is 8.16. The first-order valence-corrected chi connectivity index (χ1v) is 14.7. The molecule has 3 rings (SSSR count). The third-order valence-electron chi connectivity index (χ3n) is 5.73. The summed E-state index contributed by atoms with van der Waals surface area (Å²) in [5, 5.41) is 3.34. The molecule has 2 amide bonds. The van der Waals surface area contributed by atoms with E-state index in [2.05, 4.69) is 27.9 Å². The van der Waals surface area contributed by atoms with E-state index < -0.39 is 28.5 Å². The molecule has 37 heavy (non-hydrogen) atoms. The zero-order valence-corrected chi connectivity index (χ0v) is 24.3. The van der Waals surface area contributed by atoms with Gasteiger partial charge in [-0.2, -0.15) is 0 Å². The summed E-state index contributed by atoms with van der Waals surface area (Å²) in [5.41, 5.74) is 1.13. The maximum atomic E-state index is 13.9. The molecule has 0 spiro atoms. The molecule has 0 fully saturated rings. The van der Waals surface area contributed by atoms with Crippen molar-refractivity contribution in [3.8, 4) is 0 Å². The fourth-order valence-electron chi connectivity index (χ4n) is 3.85. The molecule has 0 saturated heterocycles. The Morgan fingerprint density at radius 2 is 1.57 bits per heavy atom. The second-order valence-corrected chi connectivity index (χ2v) is 11.8. The summed E-state index contributed by atoms with van der Waals surface area (Å²) < 4.78 is 29.4. The van der Waals surface area contributed by atoms with E-state index in [9.17, 15) is 18.0 Å². The summed E-state index contributed by atoms with van der Waals surface area (Å²) in [6, 6.07) is 21.1. The number of carbonyl (C=O) groups is 2. The highest BCUT2D eigenvalue weighted by Gasteiger charge is 2.33. The van der Waals surface area contributed by atoms with Crippen LogP contribution >= 0.6 is 34.2 Å². The predicted molar refractivity (Wildman–Crippen MR) is 155 cm³/mol. The lowest BCUT2D eigenvalue weighted by molar-refractivity contribution is -0.140. The Kier molecular flexibility index (Phi) is 10.4. The smallest absolute Gasteiger partial charge is 0.264 e. The average Bonchev–Trinajstić information content (AvgIpc) is 2.89. The van der Waals surface area contributed by atoms with Crippen molar-refractivity contribution < 1.29 is 18.0 Å². The maximum Gasteiger partial charge on any atom is 0.264 e. The van der Waals surface area contributed by atoms with E-state index in [0.717, 1.165) is 13.4 Å².